The van der Waals surface area contributed by atoms with Crippen LogP contribution in [0.4, 0.5) is 5.69 Å². The molecule has 0 spiro atoms. The predicted octanol–water partition coefficient (Wildman–Crippen LogP) is 3.34. The fourth-order valence-corrected chi connectivity index (χ4v) is 3.08. The highest BCUT2D eigenvalue weighted by Crippen LogP contribution is 2.36. The van der Waals surface area contributed by atoms with Crippen molar-refractivity contribution in [2.24, 2.45) is 7.05 Å². The minimum atomic E-state index is 0.564. The van der Waals surface area contributed by atoms with Gasteiger partial charge in [-0.3, -0.25) is 4.68 Å². The van der Waals surface area contributed by atoms with E-state index < -0.39 is 0 Å². The van der Waals surface area contributed by atoms with Crippen molar-refractivity contribution in [3.05, 3.63) is 47.8 Å². The highest BCUT2D eigenvalue weighted by molar-refractivity contribution is 5.55. The van der Waals surface area contributed by atoms with Gasteiger partial charge in [0.25, 0.3) is 0 Å². The van der Waals surface area contributed by atoms with Crippen molar-refractivity contribution >= 4 is 5.69 Å². The maximum Gasteiger partial charge on any atom is 0.0521 e. The molecular weight excluding hydrogens is 234 g/mol. The number of fused-ring (bicyclic) bond motifs is 1. The van der Waals surface area contributed by atoms with Crippen LogP contribution in [-0.2, 0) is 13.5 Å². The van der Waals surface area contributed by atoms with E-state index in [9.17, 15) is 0 Å². The van der Waals surface area contributed by atoms with Gasteiger partial charge in [0.15, 0.2) is 0 Å². The molecule has 2 heterocycles. The first-order chi connectivity index (χ1) is 9.22. The van der Waals surface area contributed by atoms with Crippen LogP contribution in [0.25, 0.3) is 0 Å². The fraction of sp³-hybridized carbons (Fsp3) is 0.438. The first kappa shape index (κ1) is 12.3. The summed E-state index contributed by atoms with van der Waals surface area (Å²) >= 11 is 0. The summed E-state index contributed by atoms with van der Waals surface area (Å²) in [6, 6.07) is 9.29. The lowest BCUT2D eigenvalue weighted by molar-refractivity contribution is 0.521. The first-order valence-corrected chi connectivity index (χ1v) is 7.05. The Labute approximate surface area is 114 Å². The van der Waals surface area contributed by atoms with Crippen molar-refractivity contribution < 1.29 is 0 Å². The molecule has 0 aliphatic carbocycles. The summed E-state index contributed by atoms with van der Waals surface area (Å²) in [7, 11) is 1.98. The Kier molecular flexibility index (Phi) is 3.28. The maximum atomic E-state index is 4.24. The third-order valence-electron chi connectivity index (χ3n) is 3.98. The van der Waals surface area contributed by atoms with Crippen LogP contribution in [0.5, 0.6) is 0 Å². The van der Waals surface area contributed by atoms with E-state index in [1.807, 2.05) is 17.9 Å². The number of hydrogen-bond donors (Lipinski definition) is 1. The Morgan fingerprint density at radius 2 is 2.21 bits per heavy atom. The lowest BCUT2D eigenvalue weighted by Crippen LogP contribution is -2.25. The second kappa shape index (κ2) is 5.08. The second-order valence-corrected chi connectivity index (χ2v) is 5.63. The molecule has 3 rings (SSSR count). The average molecular weight is 255 g/mol. The minimum absolute atomic E-state index is 0.564. The van der Waals surface area contributed by atoms with E-state index >= 15 is 0 Å². The van der Waals surface area contributed by atoms with Crippen molar-refractivity contribution in [2.75, 3.05) is 5.32 Å². The fourth-order valence-electron chi connectivity index (χ4n) is 3.08. The summed E-state index contributed by atoms with van der Waals surface area (Å²) < 4.78 is 1.88. The molecule has 1 aliphatic rings. The molecule has 1 N–H and O–H groups in total. The number of aryl methyl sites for hydroxylation is 2. The molecule has 0 radical (unpaired) electrons. The summed E-state index contributed by atoms with van der Waals surface area (Å²) in [5, 5.41) is 7.82. The predicted molar refractivity (Wildman–Crippen MR) is 78.4 cm³/mol. The number of para-hydroxylation sites is 1. The van der Waals surface area contributed by atoms with Gasteiger partial charge in [-0.1, -0.05) is 18.2 Å². The zero-order chi connectivity index (χ0) is 13.2. The second-order valence-electron chi connectivity index (χ2n) is 5.63. The molecule has 2 atom stereocenters. The molecule has 0 saturated heterocycles. The number of anilines is 1. The lowest BCUT2D eigenvalue weighted by Gasteiger charge is -2.31. The van der Waals surface area contributed by atoms with Crippen LogP contribution in [-0.4, -0.2) is 15.8 Å². The van der Waals surface area contributed by atoms with E-state index in [-0.39, 0.29) is 0 Å². The van der Waals surface area contributed by atoms with Crippen LogP contribution in [0.15, 0.2) is 36.7 Å². The third-order valence-corrected chi connectivity index (χ3v) is 3.98. The van der Waals surface area contributed by atoms with E-state index in [1.54, 1.807) is 0 Å². The summed E-state index contributed by atoms with van der Waals surface area (Å²) in [5.74, 6) is 0.660. The number of benzene rings is 1. The number of nitrogens with zero attached hydrogens (tertiary/aromatic N) is 2. The smallest absolute Gasteiger partial charge is 0.0521 e. The van der Waals surface area contributed by atoms with Gasteiger partial charge in [0.05, 0.1) is 6.20 Å². The topological polar surface area (TPSA) is 29.9 Å². The van der Waals surface area contributed by atoms with Crippen LogP contribution in [0.1, 0.15) is 36.8 Å². The summed E-state index contributed by atoms with van der Waals surface area (Å²) in [6.45, 7) is 2.27. The average Bonchev–Trinajstić information content (AvgIpc) is 2.81. The largest absolute Gasteiger partial charge is 0.382 e. The Morgan fingerprint density at radius 3 is 3.00 bits per heavy atom. The van der Waals surface area contributed by atoms with Crippen LogP contribution >= 0.6 is 0 Å². The van der Waals surface area contributed by atoms with Crippen molar-refractivity contribution in [2.45, 2.75) is 38.1 Å². The summed E-state index contributed by atoms with van der Waals surface area (Å²) in [4.78, 5) is 0. The Hall–Kier alpha value is -1.77. The summed E-state index contributed by atoms with van der Waals surface area (Å²) in [6.07, 6.45) is 7.64. The molecule has 100 valence electrons. The van der Waals surface area contributed by atoms with Gasteiger partial charge in [0.2, 0.25) is 0 Å². The van der Waals surface area contributed by atoms with Crippen LogP contribution in [0, 0.1) is 0 Å². The van der Waals surface area contributed by atoms with Crippen molar-refractivity contribution in [3.8, 4) is 0 Å². The molecule has 2 aromatic rings. The van der Waals surface area contributed by atoms with Crippen molar-refractivity contribution in [1.82, 2.24) is 9.78 Å². The quantitative estimate of drug-likeness (QED) is 0.911. The lowest BCUT2D eigenvalue weighted by atomic mass is 9.84. The van der Waals surface area contributed by atoms with Crippen molar-refractivity contribution in [3.63, 3.8) is 0 Å². The van der Waals surface area contributed by atoms with E-state index in [0.717, 1.165) is 6.42 Å². The van der Waals surface area contributed by atoms with Crippen LogP contribution < -0.4 is 5.32 Å². The normalized spacial score (nSPS) is 21.8. The number of hydrogen-bond acceptors (Lipinski definition) is 2. The van der Waals surface area contributed by atoms with E-state index in [1.165, 1.54) is 29.7 Å². The van der Waals surface area contributed by atoms with Gasteiger partial charge in [0, 0.05) is 25.0 Å². The Balaban J connectivity index is 1.74. The zero-order valence-electron chi connectivity index (χ0n) is 11.6. The van der Waals surface area contributed by atoms with Gasteiger partial charge in [-0.05, 0) is 49.3 Å². The molecule has 1 aromatic carbocycles. The molecule has 0 fully saturated rings. The number of rotatable bonds is 3. The minimum Gasteiger partial charge on any atom is -0.382 e. The highest BCUT2D eigenvalue weighted by atomic mass is 15.2. The van der Waals surface area contributed by atoms with Crippen LogP contribution in [0.2, 0.25) is 0 Å². The number of aromatic nitrogens is 2. The van der Waals surface area contributed by atoms with Crippen LogP contribution in [0.3, 0.4) is 0 Å². The first-order valence-electron chi connectivity index (χ1n) is 7.05. The molecule has 0 saturated carbocycles. The van der Waals surface area contributed by atoms with E-state index in [2.05, 4.69) is 47.8 Å². The van der Waals surface area contributed by atoms with Gasteiger partial charge in [-0.15, -0.1) is 0 Å². The molecule has 0 bridgehead atoms. The third kappa shape index (κ3) is 2.65. The standard InChI is InChI=1S/C16H21N3/c1-12-9-14(8-7-13-10-17-19(2)11-13)15-5-3-4-6-16(15)18-12/h3-6,10-12,14,18H,7-9H2,1-2H3. The SMILES string of the molecule is CC1CC(CCc2cnn(C)c2)c2ccccc2N1. The molecule has 1 aliphatic heterocycles. The monoisotopic (exact) mass is 255 g/mol. The molecule has 0 amide bonds. The molecule has 1 aromatic heterocycles. The Morgan fingerprint density at radius 1 is 1.37 bits per heavy atom. The molecule has 19 heavy (non-hydrogen) atoms. The highest BCUT2D eigenvalue weighted by Gasteiger charge is 2.23. The number of nitrogens with one attached hydrogen (secondary N) is 1. The Bertz CT molecular complexity index is 559. The van der Waals surface area contributed by atoms with Crippen molar-refractivity contribution in [1.29, 1.82) is 0 Å². The molecule has 3 heteroatoms. The summed E-state index contributed by atoms with van der Waals surface area (Å²) in [5.41, 5.74) is 4.13. The maximum absolute atomic E-state index is 4.24. The van der Waals surface area contributed by atoms with Gasteiger partial charge in [-0.25, -0.2) is 0 Å². The molecular formula is C16H21N3. The van der Waals surface area contributed by atoms with Gasteiger partial charge in [-0.2, -0.15) is 5.10 Å². The molecule has 3 nitrogen and oxygen atoms in total. The molecule has 2 unspecified atom stereocenters. The van der Waals surface area contributed by atoms with E-state index in [0.29, 0.717) is 12.0 Å². The van der Waals surface area contributed by atoms with Gasteiger partial charge >= 0.3 is 0 Å². The zero-order valence-corrected chi connectivity index (χ0v) is 11.6. The van der Waals surface area contributed by atoms with Gasteiger partial charge < -0.3 is 5.32 Å². The van der Waals surface area contributed by atoms with Gasteiger partial charge in [0.1, 0.15) is 0 Å². The van der Waals surface area contributed by atoms with E-state index in [4.69, 9.17) is 0 Å².